The van der Waals surface area contributed by atoms with E-state index in [9.17, 15) is 8.42 Å². The van der Waals surface area contributed by atoms with E-state index in [4.69, 9.17) is 14.2 Å². The quantitative estimate of drug-likeness (QED) is 0.619. The zero-order valence-corrected chi connectivity index (χ0v) is 18.4. The number of hydrogen-bond acceptors (Lipinski definition) is 6. The molecule has 0 atom stereocenters. The van der Waals surface area contributed by atoms with Crippen LogP contribution in [0.4, 0.5) is 0 Å². The Hall–Kier alpha value is -2.29. The molecule has 0 aromatic heterocycles. The van der Waals surface area contributed by atoms with E-state index in [1.54, 1.807) is 6.07 Å². The standard InChI is InChI=1S/C22H30N2O5S/c1-3-24(4-2)12-15-29-20-9-6-5-8-18(20)17-23-30(25,26)19-10-11-21-22(16-19)28-14-7-13-27-21/h5-6,8-11,16,23H,3-4,7,12-15,17H2,1-2H3. The Bertz CT molecular complexity index is 929. The Morgan fingerprint density at radius 1 is 1.03 bits per heavy atom. The third kappa shape index (κ3) is 5.87. The molecular weight excluding hydrogens is 404 g/mol. The van der Waals surface area contributed by atoms with E-state index in [1.165, 1.54) is 12.1 Å². The minimum absolute atomic E-state index is 0.137. The van der Waals surface area contributed by atoms with Crippen LogP contribution in [-0.2, 0) is 16.6 Å². The Kier molecular flexibility index (Phi) is 7.95. The van der Waals surface area contributed by atoms with Crippen LogP contribution in [0.1, 0.15) is 25.8 Å². The van der Waals surface area contributed by atoms with Gasteiger partial charge < -0.3 is 19.1 Å². The van der Waals surface area contributed by atoms with Crippen molar-refractivity contribution in [3.05, 3.63) is 48.0 Å². The predicted molar refractivity (Wildman–Crippen MR) is 116 cm³/mol. The molecule has 8 heteroatoms. The van der Waals surface area contributed by atoms with Crippen LogP contribution in [0.5, 0.6) is 17.2 Å². The van der Waals surface area contributed by atoms with Crippen LogP contribution in [-0.4, -0.2) is 52.8 Å². The van der Waals surface area contributed by atoms with Crippen LogP contribution in [0.15, 0.2) is 47.4 Å². The zero-order chi connectivity index (χ0) is 21.4. The fourth-order valence-electron chi connectivity index (χ4n) is 3.18. The molecular formula is C22H30N2O5S. The number of rotatable bonds is 10. The van der Waals surface area contributed by atoms with E-state index in [0.717, 1.165) is 31.6 Å². The first-order chi connectivity index (χ1) is 14.5. The van der Waals surface area contributed by atoms with Crippen molar-refractivity contribution in [2.75, 3.05) is 39.5 Å². The van der Waals surface area contributed by atoms with E-state index in [0.29, 0.717) is 37.1 Å². The molecule has 2 aromatic rings. The molecule has 0 aliphatic carbocycles. The molecule has 0 bridgehead atoms. The number of nitrogens with zero attached hydrogens (tertiary/aromatic N) is 1. The zero-order valence-electron chi connectivity index (χ0n) is 17.6. The number of hydrogen-bond donors (Lipinski definition) is 1. The molecule has 0 fully saturated rings. The Labute approximate surface area is 179 Å². The highest BCUT2D eigenvalue weighted by atomic mass is 32.2. The number of fused-ring (bicyclic) bond motifs is 1. The molecule has 0 radical (unpaired) electrons. The van der Waals surface area contributed by atoms with Crippen LogP contribution in [0.2, 0.25) is 0 Å². The molecule has 0 saturated carbocycles. The minimum atomic E-state index is -3.71. The maximum absolute atomic E-state index is 12.8. The van der Waals surface area contributed by atoms with Gasteiger partial charge in [0, 0.05) is 31.1 Å². The van der Waals surface area contributed by atoms with Gasteiger partial charge in [0.25, 0.3) is 0 Å². The first-order valence-electron chi connectivity index (χ1n) is 10.4. The van der Waals surface area contributed by atoms with Gasteiger partial charge in [-0.15, -0.1) is 0 Å². The average molecular weight is 435 g/mol. The molecule has 1 aliphatic heterocycles. The Morgan fingerprint density at radius 3 is 2.53 bits per heavy atom. The van der Waals surface area contributed by atoms with Crippen molar-refractivity contribution in [3.63, 3.8) is 0 Å². The van der Waals surface area contributed by atoms with Crippen LogP contribution >= 0.6 is 0 Å². The second-order valence-electron chi connectivity index (χ2n) is 6.97. The second kappa shape index (κ2) is 10.7. The first kappa shape index (κ1) is 22.4. The molecule has 164 valence electrons. The molecule has 1 heterocycles. The summed E-state index contributed by atoms with van der Waals surface area (Å²) in [5.41, 5.74) is 0.787. The van der Waals surface area contributed by atoms with E-state index in [2.05, 4.69) is 23.5 Å². The maximum atomic E-state index is 12.8. The summed E-state index contributed by atoms with van der Waals surface area (Å²) >= 11 is 0. The molecule has 0 amide bonds. The molecule has 3 rings (SSSR count). The number of likely N-dealkylation sites (N-methyl/N-ethyl adjacent to an activating group) is 1. The van der Waals surface area contributed by atoms with E-state index >= 15 is 0 Å². The van der Waals surface area contributed by atoms with Crippen molar-refractivity contribution >= 4 is 10.0 Å². The Morgan fingerprint density at radius 2 is 1.77 bits per heavy atom. The summed E-state index contributed by atoms with van der Waals surface area (Å²) in [5, 5.41) is 0. The topological polar surface area (TPSA) is 77.1 Å². The van der Waals surface area contributed by atoms with E-state index in [-0.39, 0.29) is 11.4 Å². The lowest BCUT2D eigenvalue weighted by molar-refractivity contribution is 0.221. The summed E-state index contributed by atoms with van der Waals surface area (Å²) in [4.78, 5) is 2.42. The minimum Gasteiger partial charge on any atom is -0.492 e. The fourth-order valence-corrected chi connectivity index (χ4v) is 4.20. The van der Waals surface area contributed by atoms with E-state index in [1.807, 2.05) is 24.3 Å². The lowest BCUT2D eigenvalue weighted by atomic mass is 10.2. The highest BCUT2D eigenvalue weighted by molar-refractivity contribution is 7.89. The smallest absolute Gasteiger partial charge is 0.241 e. The third-order valence-corrected chi connectivity index (χ3v) is 6.41. The summed E-state index contributed by atoms with van der Waals surface area (Å²) in [6.07, 6.45) is 0.764. The molecule has 7 nitrogen and oxygen atoms in total. The van der Waals surface area contributed by atoms with Gasteiger partial charge in [0.1, 0.15) is 12.4 Å². The van der Waals surface area contributed by atoms with Gasteiger partial charge in [-0.25, -0.2) is 13.1 Å². The molecule has 0 spiro atoms. The summed E-state index contributed by atoms with van der Waals surface area (Å²) < 4.78 is 45.4. The van der Waals surface area contributed by atoms with Gasteiger partial charge in [-0.1, -0.05) is 32.0 Å². The first-order valence-corrected chi connectivity index (χ1v) is 11.8. The van der Waals surface area contributed by atoms with Crippen molar-refractivity contribution in [1.82, 2.24) is 9.62 Å². The SMILES string of the molecule is CCN(CC)CCOc1ccccc1CNS(=O)(=O)c1ccc2c(c1)OCCCO2. The van der Waals surface area contributed by atoms with Gasteiger partial charge in [0.15, 0.2) is 11.5 Å². The van der Waals surface area contributed by atoms with E-state index < -0.39 is 10.0 Å². The van der Waals surface area contributed by atoms with Crippen LogP contribution < -0.4 is 18.9 Å². The molecule has 1 aliphatic rings. The summed E-state index contributed by atoms with van der Waals surface area (Å²) in [7, 11) is -3.71. The van der Waals surface area contributed by atoms with Gasteiger partial charge >= 0.3 is 0 Å². The lowest BCUT2D eigenvalue weighted by Gasteiger charge is -2.19. The number of sulfonamides is 1. The van der Waals surface area contributed by atoms with Crippen LogP contribution in [0.3, 0.4) is 0 Å². The monoisotopic (exact) mass is 434 g/mol. The highest BCUT2D eigenvalue weighted by Crippen LogP contribution is 2.32. The largest absolute Gasteiger partial charge is 0.492 e. The van der Waals surface area contributed by atoms with Gasteiger partial charge in [-0.2, -0.15) is 0 Å². The van der Waals surface area contributed by atoms with Crippen molar-refractivity contribution in [3.8, 4) is 17.2 Å². The predicted octanol–water partition coefficient (Wildman–Crippen LogP) is 3.05. The lowest BCUT2D eigenvalue weighted by Crippen LogP contribution is -2.28. The summed E-state index contributed by atoms with van der Waals surface area (Å²) in [6, 6.07) is 12.2. The molecule has 0 saturated heterocycles. The fraction of sp³-hybridized carbons (Fsp3) is 0.455. The van der Waals surface area contributed by atoms with Crippen molar-refractivity contribution in [2.24, 2.45) is 0 Å². The average Bonchev–Trinajstić information content (AvgIpc) is 3.01. The summed E-state index contributed by atoms with van der Waals surface area (Å²) in [5.74, 6) is 1.71. The van der Waals surface area contributed by atoms with Crippen molar-refractivity contribution < 1.29 is 22.6 Å². The number of nitrogens with one attached hydrogen (secondary N) is 1. The molecule has 2 aromatic carbocycles. The van der Waals surface area contributed by atoms with Crippen molar-refractivity contribution in [2.45, 2.75) is 31.7 Å². The summed E-state index contributed by atoms with van der Waals surface area (Å²) in [6.45, 7) is 8.74. The van der Waals surface area contributed by atoms with Crippen molar-refractivity contribution in [1.29, 1.82) is 0 Å². The number of ether oxygens (including phenoxy) is 3. The third-order valence-electron chi connectivity index (χ3n) is 5.01. The maximum Gasteiger partial charge on any atom is 0.241 e. The van der Waals surface area contributed by atoms with Gasteiger partial charge in [-0.05, 0) is 31.3 Å². The number of benzene rings is 2. The number of para-hydroxylation sites is 1. The van der Waals surface area contributed by atoms with Crippen LogP contribution in [0.25, 0.3) is 0 Å². The molecule has 30 heavy (non-hydrogen) atoms. The molecule has 0 unspecified atom stereocenters. The Balaban J connectivity index is 1.65. The van der Waals surface area contributed by atoms with Crippen LogP contribution in [0, 0.1) is 0 Å². The van der Waals surface area contributed by atoms with Gasteiger partial charge in [0.05, 0.1) is 18.1 Å². The van der Waals surface area contributed by atoms with Gasteiger partial charge in [0.2, 0.25) is 10.0 Å². The highest BCUT2D eigenvalue weighted by Gasteiger charge is 2.19. The molecule has 1 N–H and O–H groups in total. The normalized spacial score (nSPS) is 13.8. The van der Waals surface area contributed by atoms with Gasteiger partial charge in [-0.3, -0.25) is 0 Å². The second-order valence-corrected chi connectivity index (χ2v) is 8.73.